The predicted molar refractivity (Wildman–Crippen MR) is 238 cm³/mol. The number of hydrogen-bond acceptors (Lipinski definition) is 8. The minimum atomic E-state index is -4.38. The average Bonchev–Trinajstić information content (AvgIpc) is 3.20. The van der Waals surface area contributed by atoms with Crippen LogP contribution in [0.2, 0.25) is 0 Å². The molecule has 57 heavy (non-hydrogen) atoms. The molecule has 0 rings (SSSR count). The van der Waals surface area contributed by atoms with Gasteiger partial charge in [0, 0.05) is 19.4 Å². The largest absolute Gasteiger partial charge is 0.472 e. The summed E-state index contributed by atoms with van der Waals surface area (Å²) in [4.78, 5) is 34.9. The van der Waals surface area contributed by atoms with Crippen LogP contribution in [0.25, 0.3) is 0 Å². The molecule has 0 amide bonds. The van der Waals surface area contributed by atoms with E-state index in [-0.39, 0.29) is 38.6 Å². The maximum Gasteiger partial charge on any atom is 0.472 e. The molecule has 1 unspecified atom stereocenters. The third-order valence-electron chi connectivity index (χ3n) is 10.00. The summed E-state index contributed by atoms with van der Waals surface area (Å²) in [5.74, 6) is -0.838. The second-order valence-electron chi connectivity index (χ2n) is 15.6. The van der Waals surface area contributed by atoms with Gasteiger partial charge >= 0.3 is 19.8 Å². The number of unbranched alkanes of at least 4 members (excludes halogenated alkanes) is 25. The van der Waals surface area contributed by atoms with Gasteiger partial charge in [-0.1, -0.05) is 172 Å². The van der Waals surface area contributed by atoms with Crippen LogP contribution < -0.4 is 5.73 Å². The van der Waals surface area contributed by atoms with Gasteiger partial charge in [-0.05, 0) is 70.6 Å². The Labute approximate surface area is 350 Å². The predicted octanol–water partition coefficient (Wildman–Crippen LogP) is 13.7. The quantitative estimate of drug-likeness (QED) is 0.0266. The number of ether oxygens (including phenoxy) is 2. The van der Waals surface area contributed by atoms with Crippen molar-refractivity contribution in [2.75, 3.05) is 26.4 Å². The zero-order chi connectivity index (χ0) is 41.8. The van der Waals surface area contributed by atoms with Gasteiger partial charge in [-0.15, -0.1) is 0 Å². The first kappa shape index (κ1) is 55.2. The lowest BCUT2D eigenvalue weighted by molar-refractivity contribution is -0.161. The Hall–Kier alpha value is -1.77. The molecule has 0 heterocycles. The molecule has 0 aromatic rings. The standard InChI is InChI=1S/C47H88NO8P/c1-3-5-7-9-11-13-15-17-19-21-22-24-25-27-29-31-33-35-37-39-46(49)53-43-45(44-55-57(51,52)54-42-41-48)56-47(50)40-38-36-34-32-30-28-26-23-20-18-16-14-12-10-8-6-4-2/h12,14,18,20-22,45H,3-11,13,15-17,19,23-44,48H2,1-2H3,(H,51,52)/b14-12-,20-18-,22-21-/t45-/m1/s1. The molecule has 9 nitrogen and oxygen atoms in total. The van der Waals surface area contributed by atoms with Gasteiger partial charge in [0.2, 0.25) is 0 Å². The summed E-state index contributed by atoms with van der Waals surface area (Å²) in [5, 5.41) is 0. The Kier molecular flexibility index (Phi) is 42.4. The minimum absolute atomic E-state index is 0.0513. The first-order chi connectivity index (χ1) is 27.8. The number of hydrogen-bond donors (Lipinski definition) is 2. The highest BCUT2D eigenvalue weighted by Crippen LogP contribution is 2.43. The summed E-state index contributed by atoms with van der Waals surface area (Å²) in [5.41, 5.74) is 5.35. The smallest absolute Gasteiger partial charge is 0.462 e. The molecule has 0 aliphatic carbocycles. The van der Waals surface area contributed by atoms with Crippen molar-refractivity contribution >= 4 is 19.8 Å². The number of rotatable bonds is 44. The van der Waals surface area contributed by atoms with Crippen LogP contribution in [0.5, 0.6) is 0 Å². The van der Waals surface area contributed by atoms with Gasteiger partial charge in [0.15, 0.2) is 6.10 Å². The topological polar surface area (TPSA) is 134 Å². The number of phosphoric ester groups is 1. The molecular weight excluding hydrogens is 737 g/mol. The molecule has 0 radical (unpaired) electrons. The Morgan fingerprint density at radius 1 is 0.526 bits per heavy atom. The van der Waals surface area contributed by atoms with Gasteiger partial charge in [-0.25, -0.2) is 4.57 Å². The van der Waals surface area contributed by atoms with Crippen molar-refractivity contribution < 1.29 is 37.6 Å². The van der Waals surface area contributed by atoms with Gasteiger partial charge in [-0.3, -0.25) is 18.6 Å². The van der Waals surface area contributed by atoms with E-state index in [9.17, 15) is 19.0 Å². The summed E-state index contributed by atoms with van der Waals surface area (Å²) >= 11 is 0. The lowest BCUT2D eigenvalue weighted by atomic mass is 10.1. The van der Waals surface area contributed by atoms with Crippen molar-refractivity contribution in [3.8, 4) is 0 Å². The van der Waals surface area contributed by atoms with Crippen molar-refractivity contribution in [1.82, 2.24) is 0 Å². The average molecular weight is 826 g/mol. The van der Waals surface area contributed by atoms with Crippen molar-refractivity contribution in [3.05, 3.63) is 36.5 Å². The number of esters is 2. The molecule has 0 aliphatic heterocycles. The third kappa shape index (κ3) is 43.6. The molecular formula is C47H88NO8P. The zero-order valence-corrected chi connectivity index (χ0v) is 37.7. The molecule has 0 fully saturated rings. The number of carbonyl (C=O) groups is 2. The van der Waals surface area contributed by atoms with E-state index in [4.69, 9.17) is 24.3 Å². The summed E-state index contributed by atoms with van der Waals surface area (Å²) in [6.07, 6.45) is 48.8. The van der Waals surface area contributed by atoms with E-state index in [1.165, 1.54) is 122 Å². The lowest BCUT2D eigenvalue weighted by Gasteiger charge is -2.19. The first-order valence-electron chi connectivity index (χ1n) is 23.5. The van der Waals surface area contributed by atoms with E-state index in [0.717, 1.165) is 64.2 Å². The monoisotopic (exact) mass is 826 g/mol. The second kappa shape index (κ2) is 43.8. The van der Waals surface area contributed by atoms with Crippen molar-refractivity contribution in [1.29, 1.82) is 0 Å². The summed E-state index contributed by atoms with van der Waals surface area (Å²) in [7, 11) is -4.38. The first-order valence-corrected chi connectivity index (χ1v) is 25.0. The van der Waals surface area contributed by atoms with Gasteiger partial charge in [-0.2, -0.15) is 0 Å². The van der Waals surface area contributed by atoms with Gasteiger partial charge < -0.3 is 20.1 Å². The molecule has 2 atom stereocenters. The maximum absolute atomic E-state index is 12.6. The zero-order valence-electron chi connectivity index (χ0n) is 36.8. The SMILES string of the molecule is CCCCC/C=C\C/C=C\CCCCCCCCCC(=O)O[C@H](COC(=O)CCCCCCCCC/C=C\CCCCCCCCCC)COP(=O)(O)OCCN. The molecule has 0 spiro atoms. The van der Waals surface area contributed by atoms with E-state index < -0.39 is 26.5 Å². The normalized spacial score (nSPS) is 13.5. The van der Waals surface area contributed by atoms with Gasteiger partial charge in [0.05, 0.1) is 13.2 Å². The molecule has 0 aromatic carbocycles. The van der Waals surface area contributed by atoms with E-state index in [1.54, 1.807) is 0 Å². The molecule has 0 aromatic heterocycles. The van der Waals surface area contributed by atoms with Crippen LogP contribution >= 0.6 is 7.82 Å². The Morgan fingerprint density at radius 3 is 1.39 bits per heavy atom. The molecule has 0 saturated carbocycles. The fourth-order valence-electron chi connectivity index (χ4n) is 6.48. The highest BCUT2D eigenvalue weighted by molar-refractivity contribution is 7.47. The molecule has 3 N–H and O–H groups in total. The number of allylic oxidation sites excluding steroid dienone is 6. The third-order valence-corrected chi connectivity index (χ3v) is 11.0. The number of phosphoric acid groups is 1. The van der Waals surface area contributed by atoms with Crippen molar-refractivity contribution in [2.24, 2.45) is 5.73 Å². The fraction of sp³-hybridized carbons (Fsp3) is 0.830. The number of nitrogens with two attached hydrogens (primary N) is 1. The van der Waals surface area contributed by atoms with E-state index in [1.807, 2.05) is 0 Å². The van der Waals surface area contributed by atoms with Crippen molar-refractivity contribution in [2.45, 2.75) is 225 Å². The number of carbonyl (C=O) groups excluding carboxylic acids is 2. The molecule has 0 saturated heterocycles. The summed E-state index contributed by atoms with van der Waals surface area (Å²) in [6, 6.07) is 0. The van der Waals surface area contributed by atoms with Crippen LogP contribution in [-0.2, 0) is 32.7 Å². The van der Waals surface area contributed by atoms with Crippen LogP contribution in [0, 0.1) is 0 Å². The molecule has 0 bridgehead atoms. The summed E-state index contributed by atoms with van der Waals surface area (Å²) < 4.78 is 32.8. The highest BCUT2D eigenvalue weighted by Gasteiger charge is 2.26. The molecule has 0 aliphatic rings. The molecule has 334 valence electrons. The lowest BCUT2D eigenvalue weighted by Crippen LogP contribution is -2.29. The Bertz CT molecular complexity index is 1030. The van der Waals surface area contributed by atoms with Crippen LogP contribution in [0.15, 0.2) is 36.5 Å². The van der Waals surface area contributed by atoms with Crippen molar-refractivity contribution in [3.63, 3.8) is 0 Å². The van der Waals surface area contributed by atoms with Crippen LogP contribution in [0.1, 0.15) is 219 Å². The minimum Gasteiger partial charge on any atom is -0.462 e. The Balaban J connectivity index is 4.11. The van der Waals surface area contributed by atoms with E-state index in [2.05, 4.69) is 50.3 Å². The van der Waals surface area contributed by atoms with E-state index in [0.29, 0.717) is 6.42 Å². The highest BCUT2D eigenvalue weighted by atomic mass is 31.2. The summed E-state index contributed by atoms with van der Waals surface area (Å²) in [6.45, 7) is 3.71. The second-order valence-corrected chi connectivity index (χ2v) is 17.1. The Morgan fingerprint density at radius 2 is 0.912 bits per heavy atom. The van der Waals surface area contributed by atoms with Gasteiger partial charge in [0.1, 0.15) is 6.61 Å². The van der Waals surface area contributed by atoms with Crippen LogP contribution in [-0.4, -0.2) is 49.3 Å². The maximum atomic E-state index is 12.6. The van der Waals surface area contributed by atoms with Gasteiger partial charge in [0.25, 0.3) is 0 Å². The van der Waals surface area contributed by atoms with Crippen LogP contribution in [0.3, 0.4) is 0 Å². The van der Waals surface area contributed by atoms with Crippen LogP contribution in [0.4, 0.5) is 0 Å². The van der Waals surface area contributed by atoms with E-state index >= 15 is 0 Å². The molecule has 10 heteroatoms. The fourth-order valence-corrected chi connectivity index (χ4v) is 7.25.